The summed E-state index contributed by atoms with van der Waals surface area (Å²) in [5, 5.41) is 2.95. The van der Waals surface area contributed by atoms with E-state index in [0.717, 1.165) is 47.5 Å². The minimum Gasteiger partial charge on any atom is -0.406 e. The lowest BCUT2D eigenvalue weighted by Gasteiger charge is -2.29. The van der Waals surface area contributed by atoms with Gasteiger partial charge in [-0.05, 0) is 68.3 Å². The van der Waals surface area contributed by atoms with Gasteiger partial charge in [-0.15, -0.1) is 13.2 Å². The van der Waals surface area contributed by atoms with Crippen LogP contribution in [0.4, 0.5) is 45.2 Å². The first-order chi connectivity index (χ1) is 18.8. The summed E-state index contributed by atoms with van der Waals surface area (Å²) in [4.78, 5) is 21.5. The maximum atomic E-state index is 13.6. The van der Waals surface area contributed by atoms with Gasteiger partial charge in [-0.3, -0.25) is 10.1 Å². The van der Waals surface area contributed by atoms with Crippen molar-refractivity contribution in [2.75, 3.05) is 4.90 Å². The summed E-state index contributed by atoms with van der Waals surface area (Å²) in [5.74, 6) is -2.64. The second kappa shape index (κ2) is 10.5. The second-order valence-corrected chi connectivity index (χ2v) is 9.71. The van der Waals surface area contributed by atoms with E-state index >= 15 is 0 Å². The summed E-state index contributed by atoms with van der Waals surface area (Å²) < 4.78 is 121. The fourth-order valence-corrected chi connectivity index (χ4v) is 4.55. The predicted molar refractivity (Wildman–Crippen MR) is 126 cm³/mol. The number of carbonyl (C=O) groups excluding carboxylic acids is 1. The molecule has 2 heterocycles. The van der Waals surface area contributed by atoms with E-state index in [-0.39, 0.29) is 23.4 Å². The van der Waals surface area contributed by atoms with Crippen molar-refractivity contribution in [2.24, 2.45) is 0 Å². The highest BCUT2D eigenvalue weighted by molar-refractivity contribution is 6.00. The molecule has 1 fully saturated rings. The molecule has 1 aliphatic heterocycles. The Morgan fingerprint density at radius 2 is 1.56 bits per heavy atom. The summed E-state index contributed by atoms with van der Waals surface area (Å²) >= 11 is 0. The zero-order valence-electron chi connectivity index (χ0n) is 21.2. The van der Waals surface area contributed by atoms with Crippen molar-refractivity contribution >= 4 is 11.6 Å². The lowest BCUT2D eigenvalue weighted by molar-refractivity contribution is -0.274. The number of carbonyl (C=O) groups is 1. The topological polar surface area (TPSA) is 67.3 Å². The molecule has 1 N–H and O–H groups in total. The Balaban J connectivity index is 1.71. The van der Waals surface area contributed by atoms with Gasteiger partial charge in [0.15, 0.2) is 0 Å². The number of hydrogen-bond acceptors (Lipinski definition) is 5. The molecule has 4 rings (SSSR count). The van der Waals surface area contributed by atoms with Gasteiger partial charge in [-0.2, -0.15) is 26.3 Å². The molecule has 1 aromatic heterocycles. The van der Waals surface area contributed by atoms with Crippen molar-refractivity contribution in [3.63, 3.8) is 0 Å². The zero-order valence-corrected chi connectivity index (χ0v) is 21.2. The molecule has 220 valence electrons. The fourth-order valence-electron chi connectivity index (χ4n) is 4.55. The largest absolute Gasteiger partial charge is 0.573 e. The molecule has 1 saturated heterocycles. The molecule has 2 atom stereocenters. The van der Waals surface area contributed by atoms with E-state index in [1.165, 1.54) is 32.0 Å². The minimum atomic E-state index is -5.00. The Kier molecular flexibility index (Phi) is 7.71. The van der Waals surface area contributed by atoms with Crippen LogP contribution in [-0.4, -0.2) is 28.3 Å². The van der Waals surface area contributed by atoms with Crippen LogP contribution >= 0.6 is 0 Å². The van der Waals surface area contributed by atoms with Crippen LogP contribution in [0.2, 0.25) is 0 Å². The Morgan fingerprint density at radius 3 is 2.15 bits per heavy atom. The van der Waals surface area contributed by atoms with Crippen LogP contribution in [0.1, 0.15) is 49.0 Å². The SMILES string of the molecule is CC(C)(N[C@@H]1C[C@H](c2cccc(OC(F)(F)F)c2)N(c2ccc(C(F)(F)F)cc2)C1=O)c1ccnc(C(F)(F)F)n1. The molecule has 1 amide bonds. The lowest BCUT2D eigenvalue weighted by atomic mass is 9.96. The summed E-state index contributed by atoms with van der Waals surface area (Å²) in [7, 11) is 0. The highest BCUT2D eigenvalue weighted by atomic mass is 19.4. The average molecular weight is 592 g/mol. The van der Waals surface area contributed by atoms with Crippen molar-refractivity contribution in [1.29, 1.82) is 0 Å². The Hall–Kier alpha value is -3.88. The molecule has 6 nitrogen and oxygen atoms in total. The van der Waals surface area contributed by atoms with Crippen molar-refractivity contribution in [3.05, 3.63) is 83.4 Å². The van der Waals surface area contributed by atoms with E-state index in [4.69, 9.17) is 0 Å². The van der Waals surface area contributed by atoms with E-state index < -0.39 is 59.4 Å². The number of nitrogens with zero attached hydrogens (tertiary/aromatic N) is 3. The maximum absolute atomic E-state index is 13.6. The second-order valence-electron chi connectivity index (χ2n) is 9.71. The van der Waals surface area contributed by atoms with E-state index in [0.29, 0.717) is 0 Å². The van der Waals surface area contributed by atoms with Gasteiger partial charge in [0.05, 0.1) is 28.9 Å². The van der Waals surface area contributed by atoms with Crippen LogP contribution in [0.5, 0.6) is 5.75 Å². The first kappa shape index (κ1) is 30.1. The molecule has 15 heteroatoms. The van der Waals surface area contributed by atoms with Crippen LogP contribution in [0.25, 0.3) is 0 Å². The molecule has 0 aliphatic carbocycles. The molecular weight excluding hydrogens is 571 g/mol. The number of aromatic nitrogens is 2. The lowest BCUT2D eigenvalue weighted by Crippen LogP contribution is -2.48. The van der Waals surface area contributed by atoms with Crippen LogP contribution in [0, 0.1) is 0 Å². The number of benzene rings is 2. The van der Waals surface area contributed by atoms with Crippen molar-refractivity contribution in [2.45, 2.75) is 56.6 Å². The van der Waals surface area contributed by atoms with Gasteiger partial charge in [-0.25, -0.2) is 9.97 Å². The monoisotopic (exact) mass is 592 g/mol. The van der Waals surface area contributed by atoms with Crippen molar-refractivity contribution in [3.8, 4) is 5.75 Å². The number of rotatable bonds is 6. The van der Waals surface area contributed by atoms with E-state index in [1.807, 2.05) is 0 Å². The molecule has 1 aliphatic rings. The van der Waals surface area contributed by atoms with Crippen molar-refractivity contribution in [1.82, 2.24) is 15.3 Å². The normalized spacial score (nSPS) is 18.6. The molecule has 0 bridgehead atoms. The summed E-state index contributed by atoms with van der Waals surface area (Å²) in [6.45, 7) is 2.94. The van der Waals surface area contributed by atoms with Gasteiger partial charge in [-0.1, -0.05) is 12.1 Å². The highest BCUT2D eigenvalue weighted by Crippen LogP contribution is 2.41. The molecular formula is C26H21F9N4O2. The van der Waals surface area contributed by atoms with Gasteiger partial charge in [0.1, 0.15) is 5.75 Å². The molecule has 0 unspecified atom stereocenters. The van der Waals surface area contributed by atoms with Crippen LogP contribution in [0.15, 0.2) is 60.8 Å². The van der Waals surface area contributed by atoms with Gasteiger partial charge in [0, 0.05) is 11.9 Å². The van der Waals surface area contributed by atoms with E-state index in [1.54, 1.807) is 0 Å². The Bertz CT molecular complexity index is 1400. The minimum absolute atomic E-state index is 0.0265. The third kappa shape index (κ3) is 6.89. The Morgan fingerprint density at radius 1 is 0.902 bits per heavy atom. The Labute approximate surface area is 227 Å². The smallest absolute Gasteiger partial charge is 0.406 e. The van der Waals surface area contributed by atoms with Gasteiger partial charge < -0.3 is 9.64 Å². The molecule has 2 aromatic carbocycles. The quantitative estimate of drug-likeness (QED) is 0.320. The number of hydrogen-bond donors (Lipinski definition) is 1. The van der Waals surface area contributed by atoms with Crippen molar-refractivity contribution < 1.29 is 49.0 Å². The number of ether oxygens (including phenoxy) is 1. The first-order valence-electron chi connectivity index (χ1n) is 11.9. The highest BCUT2D eigenvalue weighted by Gasteiger charge is 2.45. The van der Waals surface area contributed by atoms with Crippen LogP contribution in [-0.2, 0) is 22.7 Å². The number of alkyl halides is 9. The third-order valence-electron chi connectivity index (χ3n) is 6.34. The fraction of sp³-hybridized carbons (Fsp3) is 0.346. The van der Waals surface area contributed by atoms with Crippen LogP contribution < -0.4 is 15.0 Å². The predicted octanol–water partition coefficient (Wildman–Crippen LogP) is 6.78. The molecule has 0 spiro atoms. The summed E-state index contributed by atoms with van der Waals surface area (Å²) in [5.41, 5.74) is -2.21. The van der Waals surface area contributed by atoms with Gasteiger partial charge in [0.25, 0.3) is 0 Å². The molecule has 3 aromatic rings. The number of anilines is 1. The summed E-state index contributed by atoms with van der Waals surface area (Å²) in [6.07, 6.45) is -13.7. The number of halogens is 9. The maximum Gasteiger partial charge on any atom is 0.573 e. The van der Waals surface area contributed by atoms with Gasteiger partial charge >= 0.3 is 18.7 Å². The van der Waals surface area contributed by atoms with E-state index in [2.05, 4.69) is 20.0 Å². The third-order valence-corrected chi connectivity index (χ3v) is 6.34. The average Bonchev–Trinajstić information content (AvgIpc) is 3.17. The summed E-state index contributed by atoms with van der Waals surface area (Å²) in [6, 6.07) is 7.54. The first-order valence-corrected chi connectivity index (χ1v) is 11.9. The van der Waals surface area contributed by atoms with E-state index in [9.17, 15) is 44.3 Å². The zero-order chi connectivity index (χ0) is 30.4. The van der Waals surface area contributed by atoms with Gasteiger partial charge in [0.2, 0.25) is 11.7 Å². The number of nitrogens with one attached hydrogen (secondary N) is 1. The standard InChI is InChI=1S/C26H21F9N4O2/c1-23(2,20-10-11-36-22(37-20)25(30,31)32)38-18-13-19(14-4-3-5-17(12-14)41-26(33,34)35)39(21(18)40)16-8-6-15(7-9-16)24(27,28)29/h3-12,18-19,38H,13H2,1-2H3/t18-,19-/m1/s1. The molecule has 0 saturated carbocycles. The number of amides is 1. The molecule has 0 radical (unpaired) electrons. The van der Waals surface area contributed by atoms with Crippen LogP contribution in [0.3, 0.4) is 0 Å². The molecule has 41 heavy (non-hydrogen) atoms.